The lowest BCUT2D eigenvalue weighted by Gasteiger charge is -2.42. The lowest BCUT2D eigenvalue weighted by atomic mass is 9.94. The number of aromatic nitrogens is 1. The number of carbonyl (C=O) groups excluding carboxylic acids is 1. The molecule has 1 aromatic heterocycles. The molecule has 0 bridgehead atoms. The van der Waals surface area contributed by atoms with Gasteiger partial charge >= 0.3 is 18.3 Å². The number of hydrogen-bond donors (Lipinski definition) is 1. The van der Waals surface area contributed by atoms with E-state index in [1.165, 1.54) is 22.5 Å². The number of pyridine rings is 1. The summed E-state index contributed by atoms with van der Waals surface area (Å²) >= 11 is 4.28. The van der Waals surface area contributed by atoms with Gasteiger partial charge in [-0.25, -0.2) is 13.2 Å². The van der Waals surface area contributed by atoms with Gasteiger partial charge in [-0.05, 0) is 55.3 Å². The summed E-state index contributed by atoms with van der Waals surface area (Å²) in [5.74, 6) is -2.97. The van der Waals surface area contributed by atoms with Gasteiger partial charge < -0.3 is 9.64 Å². The van der Waals surface area contributed by atoms with Crippen molar-refractivity contribution in [3.05, 3.63) is 84.2 Å². The normalized spacial score (nSPS) is 18.4. The summed E-state index contributed by atoms with van der Waals surface area (Å²) in [6, 6.07) is 13.7. The zero-order valence-corrected chi connectivity index (χ0v) is 23.6. The van der Waals surface area contributed by atoms with E-state index in [-0.39, 0.29) is 29.4 Å². The van der Waals surface area contributed by atoms with E-state index in [1.54, 1.807) is 42.7 Å². The highest BCUT2D eigenvalue weighted by Gasteiger charge is 2.59. The number of benzene rings is 2. The number of esters is 1. The average Bonchev–Trinajstić information content (AvgIpc) is 2.92. The Bertz CT molecular complexity index is 1520. The fourth-order valence-electron chi connectivity index (χ4n) is 4.66. The van der Waals surface area contributed by atoms with Crippen LogP contribution in [0.1, 0.15) is 18.1 Å². The van der Waals surface area contributed by atoms with Crippen molar-refractivity contribution >= 4 is 34.3 Å². The van der Waals surface area contributed by atoms with Gasteiger partial charge in [-0.1, -0.05) is 24.3 Å². The molecule has 1 fully saturated rings. The molecule has 2 aromatic carbocycles. The number of ether oxygens (including phenoxy) is 1. The van der Waals surface area contributed by atoms with E-state index in [2.05, 4.69) is 22.3 Å². The fourth-order valence-corrected chi connectivity index (χ4v) is 6.72. The van der Waals surface area contributed by atoms with E-state index in [0.717, 1.165) is 17.7 Å². The van der Waals surface area contributed by atoms with Crippen LogP contribution in [0.5, 0.6) is 0 Å². The maximum absolute atomic E-state index is 13.9. The van der Waals surface area contributed by atoms with Gasteiger partial charge in [0.2, 0.25) is 15.6 Å². The zero-order valence-electron chi connectivity index (χ0n) is 21.9. The van der Waals surface area contributed by atoms with E-state index < -0.39 is 45.6 Å². The molecule has 0 radical (unpaired) electrons. The van der Waals surface area contributed by atoms with Crippen molar-refractivity contribution < 1.29 is 44.3 Å². The molecule has 0 saturated carbocycles. The van der Waals surface area contributed by atoms with Crippen LogP contribution in [-0.4, -0.2) is 61.7 Å². The van der Waals surface area contributed by atoms with Crippen LogP contribution in [-0.2, 0) is 31.6 Å². The summed E-state index contributed by atoms with van der Waals surface area (Å²) < 4.78 is 112. The number of hydrogen-bond acceptors (Lipinski definition) is 7. The summed E-state index contributed by atoms with van der Waals surface area (Å²) in [5.41, 5.74) is -3.05. The Morgan fingerprint density at radius 1 is 0.976 bits per heavy atom. The molecule has 0 aliphatic carbocycles. The van der Waals surface area contributed by atoms with Gasteiger partial charge in [0.05, 0.1) is 4.90 Å². The molecular weight excluding hydrogens is 608 g/mol. The summed E-state index contributed by atoms with van der Waals surface area (Å²) in [7, 11) is -3.94. The topological polar surface area (TPSA) is 79.8 Å². The summed E-state index contributed by atoms with van der Waals surface area (Å²) in [6.07, 6.45) is -7.49. The second kappa shape index (κ2) is 11.8. The number of anilines is 1. The Morgan fingerprint density at radius 3 is 2.17 bits per heavy atom. The van der Waals surface area contributed by atoms with Gasteiger partial charge in [0.25, 0.3) is 0 Å². The summed E-state index contributed by atoms with van der Waals surface area (Å²) in [5, 5.41) is 0. The van der Waals surface area contributed by atoms with Gasteiger partial charge in [-0.15, -0.1) is 12.6 Å². The molecule has 226 valence electrons. The summed E-state index contributed by atoms with van der Waals surface area (Å²) in [6.45, 7) is 0.573. The largest absolute Gasteiger partial charge is 0.490 e. The third kappa shape index (κ3) is 6.52. The Hall–Kier alpha value is -3.30. The van der Waals surface area contributed by atoms with Gasteiger partial charge in [0, 0.05) is 54.2 Å². The Labute approximate surface area is 243 Å². The molecule has 1 aliphatic heterocycles. The predicted octanol–water partition coefficient (Wildman–Crippen LogP) is 5.38. The lowest BCUT2D eigenvalue weighted by Crippen LogP contribution is -2.55. The molecule has 2 atom stereocenters. The minimum Gasteiger partial charge on any atom is -0.438 e. The zero-order chi connectivity index (χ0) is 30.9. The first kappa shape index (κ1) is 31.6. The van der Waals surface area contributed by atoms with Crippen molar-refractivity contribution in [3.8, 4) is 0 Å². The van der Waals surface area contributed by atoms with Crippen LogP contribution >= 0.6 is 12.6 Å². The molecule has 0 spiro atoms. The van der Waals surface area contributed by atoms with Gasteiger partial charge in [0.1, 0.15) is 0 Å². The number of carbonyl (C=O) groups is 1. The van der Waals surface area contributed by atoms with Crippen LogP contribution in [0.3, 0.4) is 0 Å². The first-order valence-corrected chi connectivity index (χ1v) is 14.3. The maximum Gasteiger partial charge on any atom is 0.490 e. The van der Waals surface area contributed by atoms with Gasteiger partial charge in [0.15, 0.2) is 0 Å². The lowest BCUT2D eigenvalue weighted by molar-refractivity contribution is -0.285. The van der Waals surface area contributed by atoms with E-state index in [4.69, 9.17) is 0 Å². The minimum atomic E-state index is -5.62. The molecule has 7 nitrogen and oxygen atoms in total. The molecule has 0 unspecified atom stereocenters. The molecule has 3 aromatic rings. The molecule has 1 aliphatic rings. The quantitative estimate of drug-likeness (QED) is 0.214. The van der Waals surface area contributed by atoms with Crippen LogP contribution in [0.2, 0.25) is 0 Å². The van der Waals surface area contributed by atoms with E-state index in [1.807, 2.05) is 4.90 Å². The Morgan fingerprint density at radius 2 is 1.60 bits per heavy atom. The Kier molecular flexibility index (Phi) is 8.86. The highest BCUT2D eigenvalue weighted by Crippen LogP contribution is 2.44. The van der Waals surface area contributed by atoms with E-state index >= 15 is 0 Å². The second-order valence-electron chi connectivity index (χ2n) is 9.70. The standard InChI is InChI=1S/C27H25F6N3O4S2/c1-25(27(31,32)33,40-24(37)26(28,29)30)19-6-8-20(9-7-19)36-15-14-35(17-21(36)16-18-10-12-34-13-11-18)42(38,39)23-5-3-2-4-22(23)41/h2-13,21,41H,14-17H2,1H3/t21-,25+/m1/s1. The van der Waals surface area contributed by atoms with Gasteiger partial charge in [-0.3, -0.25) is 4.98 Å². The smallest absolute Gasteiger partial charge is 0.438 e. The number of nitrogens with zero attached hydrogens (tertiary/aromatic N) is 3. The molecule has 1 saturated heterocycles. The molecule has 0 N–H and O–H groups in total. The highest BCUT2D eigenvalue weighted by atomic mass is 32.2. The van der Waals surface area contributed by atoms with E-state index in [0.29, 0.717) is 19.0 Å². The predicted molar refractivity (Wildman–Crippen MR) is 144 cm³/mol. The van der Waals surface area contributed by atoms with Crippen LogP contribution in [0.25, 0.3) is 0 Å². The van der Waals surface area contributed by atoms with Crippen LogP contribution in [0.15, 0.2) is 82.8 Å². The number of rotatable bonds is 7. The van der Waals surface area contributed by atoms with Crippen LogP contribution < -0.4 is 4.90 Å². The molecule has 0 amide bonds. The number of sulfonamides is 1. The number of alkyl halides is 6. The SMILES string of the molecule is C[C@](OC(=O)C(F)(F)F)(c1ccc(N2CCN(S(=O)(=O)c3ccccc3S)C[C@H]2Cc2ccncc2)cc1)C(F)(F)F. The molecular formula is C27H25F6N3O4S2. The van der Waals surface area contributed by atoms with Crippen LogP contribution in [0.4, 0.5) is 32.0 Å². The molecule has 15 heteroatoms. The first-order valence-electron chi connectivity index (χ1n) is 12.4. The van der Waals surface area contributed by atoms with Crippen molar-refractivity contribution in [2.75, 3.05) is 24.5 Å². The first-order chi connectivity index (χ1) is 19.5. The second-order valence-corrected chi connectivity index (χ2v) is 12.1. The molecule has 4 rings (SSSR count). The van der Waals surface area contributed by atoms with Crippen molar-refractivity contribution in [1.29, 1.82) is 0 Å². The van der Waals surface area contributed by atoms with E-state index in [9.17, 15) is 39.6 Å². The number of thiol groups is 1. The fraction of sp³-hybridized carbons (Fsp3) is 0.333. The van der Waals surface area contributed by atoms with Crippen molar-refractivity contribution in [2.45, 2.75) is 47.1 Å². The maximum atomic E-state index is 13.9. The van der Waals surface area contributed by atoms with Crippen molar-refractivity contribution in [2.24, 2.45) is 0 Å². The highest BCUT2D eigenvalue weighted by molar-refractivity contribution is 7.90. The van der Waals surface area contributed by atoms with Gasteiger partial charge in [-0.2, -0.15) is 30.6 Å². The Balaban J connectivity index is 1.66. The minimum absolute atomic E-state index is 0.0258. The molecule has 2 heterocycles. The number of piperazine rings is 1. The monoisotopic (exact) mass is 633 g/mol. The molecule has 42 heavy (non-hydrogen) atoms. The average molecular weight is 634 g/mol. The third-order valence-corrected chi connectivity index (χ3v) is 9.43. The van der Waals surface area contributed by atoms with Crippen molar-refractivity contribution in [1.82, 2.24) is 9.29 Å². The number of halogens is 6. The third-order valence-electron chi connectivity index (χ3n) is 6.97. The van der Waals surface area contributed by atoms with Crippen molar-refractivity contribution in [3.63, 3.8) is 0 Å². The summed E-state index contributed by atoms with van der Waals surface area (Å²) in [4.78, 5) is 17.5. The van der Waals surface area contributed by atoms with Crippen LogP contribution in [0, 0.1) is 0 Å².